The van der Waals surface area contributed by atoms with E-state index in [1.54, 1.807) is 18.3 Å². The summed E-state index contributed by atoms with van der Waals surface area (Å²) >= 11 is 0. The first kappa shape index (κ1) is 9.32. The number of ether oxygens (including phenoxy) is 1. The van der Waals surface area contributed by atoms with Crippen LogP contribution in [-0.2, 0) is 0 Å². The monoisotopic (exact) mass is 207 g/mol. The number of anilines is 1. The van der Waals surface area contributed by atoms with E-state index in [0.29, 0.717) is 11.4 Å². The molecule has 0 aromatic carbocycles. The normalized spacial score (nSPS) is 10.5. The number of imidazole rings is 1. The number of nitrogens with two attached hydrogens (primary N) is 1. The number of carboxylic acid groups (broad SMARTS) is 1. The zero-order valence-corrected chi connectivity index (χ0v) is 7.97. The highest BCUT2D eigenvalue weighted by Crippen LogP contribution is 2.18. The summed E-state index contributed by atoms with van der Waals surface area (Å²) in [7, 11) is 1.52. The minimum absolute atomic E-state index is 0.0939. The number of fused-ring (bicyclic) bond motifs is 1. The molecule has 0 unspecified atom stereocenters. The minimum atomic E-state index is -1.14. The van der Waals surface area contributed by atoms with Gasteiger partial charge in [-0.3, -0.25) is 4.40 Å². The molecule has 0 spiro atoms. The molecule has 15 heavy (non-hydrogen) atoms. The van der Waals surface area contributed by atoms with Crippen molar-refractivity contribution >= 4 is 17.4 Å². The van der Waals surface area contributed by atoms with Crippen LogP contribution in [0.1, 0.15) is 10.5 Å². The van der Waals surface area contributed by atoms with Crippen LogP contribution in [0.25, 0.3) is 5.65 Å². The molecule has 0 amide bonds. The average molecular weight is 207 g/mol. The number of nitrogen functional groups attached to an aromatic ring is 1. The zero-order valence-electron chi connectivity index (χ0n) is 7.97. The van der Waals surface area contributed by atoms with Crippen molar-refractivity contribution < 1.29 is 14.6 Å². The lowest BCUT2D eigenvalue weighted by Gasteiger charge is -2.00. The average Bonchev–Trinajstić information content (AvgIpc) is 2.56. The number of hydrogen-bond acceptors (Lipinski definition) is 4. The Morgan fingerprint density at radius 1 is 1.60 bits per heavy atom. The Hall–Kier alpha value is -2.24. The van der Waals surface area contributed by atoms with Crippen molar-refractivity contribution in [3.63, 3.8) is 0 Å². The van der Waals surface area contributed by atoms with Crippen molar-refractivity contribution in [2.45, 2.75) is 0 Å². The molecular weight excluding hydrogens is 198 g/mol. The van der Waals surface area contributed by atoms with Crippen LogP contribution in [0, 0.1) is 0 Å². The van der Waals surface area contributed by atoms with Gasteiger partial charge in [0, 0.05) is 0 Å². The number of hydrogen-bond donors (Lipinski definition) is 2. The van der Waals surface area contributed by atoms with Crippen LogP contribution >= 0.6 is 0 Å². The van der Waals surface area contributed by atoms with Crippen molar-refractivity contribution in [2.75, 3.05) is 12.8 Å². The quantitative estimate of drug-likeness (QED) is 0.753. The van der Waals surface area contributed by atoms with Crippen LogP contribution < -0.4 is 10.5 Å². The zero-order chi connectivity index (χ0) is 11.0. The minimum Gasteiger partial charge on any atom is -0.495 e. The van der Waals surface area contributed by atoms with Gasteiger partial charge in [0.2, 0.25) is 0 Å². The highest BCUT2D eigenvalue weighted by molar-refractivity contribution is 5.92. The molecule has 0 saturated carbocycles. The van der Waals surface area contributed by atoms with Crippen LogP contribution in [-0.4, -0.2) is 27.6 Å². The Balaban J connectivity index is 2.72. The molecule has 6 heteroatoms. The number of pyridine rings is 1. The van der Waals surface area contributed by atoms with Gasteiger partial charge in [-0.25, -0.2) is 9.78 Å². The molecule has 6 nitrogen and oxygen atoms in total. The highest BCUT2D eigenvalue weighted by Gasteiger charge is 2.15. The fraction of sp³-hybridized carbons (Fsp3) is 0.111. The number of carboxylic acids is 1. The molecule has 2 heterocycles. The third-order valence-electron chi connectivity index (χ3n) is 2.07. The standard InChI is InChI=1S/C9H9N3O3/c1-15-5-2-3-6-11-7(9(13)14)8(10)12(6)4-5/h2-4H,10H2,1H3,(H,13,14). The van der Waals surface area contributed by atoms with E-state index in [-0.39, 0.29) is 11.5 Å². The lowest BCUT2D eigenvalue weighted by Crippen LogP contribution is -2.02. The van der Waals surface area contributed by atoms with E-state index in [2.05, 4.69) is 4.98 Å². The molecule has 2 aromatic heterocycles. The second-order valence-corrected chi connectivity index (χ2v) is 2.95. The maximum Gasteiger partial charge on any atom is 0.358 e. The smallest absolute Gasteiger partial charge is 0.358 e. The van der Waals surface area contributed by atoms with E-state index in [0.717, 1.165) is 0 Å². The van der Waals surface area contributed by atoms with E-state index in [1.807, 2.05) is 0 Å². The fourth-order valence-corrected chi connectivity index (χ4v) is 1.32. The van der Waals surface area contributed by atoms with Crippen molar-refractivity contribution in [2.24, 2.45) is 0 Å². The molecule has 0 radical (unpaired) electrons. The topological polar surface area (TPSA) is 89.8 Å². The molecular formula is C9H9N3O3. The Kier molecular flexibility index (Phi) is 1.96. The summed E-state index contributed by atoms with van der Waals surface area (Å²) < 4.78 is 6.47. The first-order valence-corrected chi connectivity index (χ1v) is 4.18. The number of aromatic nitrogens is 2. The summed E-state index contributed by atoms with van der Waals surface area (Å²) in [4.78, 5) is 14.6. The lowest BCUT2D eigenvalue weighted by atomic mass is 10.4. The van der Waals surface area contributed by atoms with Gasteiger partial charge < -0.3 is 15.6 Å². The predicted molar refractivity (Wildman–Crippen MR) is 53.1 cm³/mol. The third-order valence-corrected chi connectivity index (χ3v) is 2.07. The molecule has 0 atom stereocenters. The van der Waals surface area contributed by atoms with Gasteiger partial charge in [0.15, 0.2) is 5.69 Å². The van der Waals surface area contributed by atoms with Gasteiger partial charge in [-0.15, -0.1) is 0 Å². The van der Waals surface area contributed by atoms with E-state index >= 15 is 0 Å². The van der Waals surface area contributed by atoms with Gasteiger partial charge in [-0.1, -0.05) is 0 Å². The Labute approximate surface area is 84.9 Å². The molecule has 0 aliphatic heterocycles. The van der Waals surface area contributed by atoms with E-state index in [1.165, 1.54) is 11.5 Å². The summed E-state index contributed by atoms with van der Waals surface area (Å²) in [5.74, 6) is -0.463. The van der Waals surface area contributed by atoms with Gasteiger partial charge in [0.25, 0.3) is 0 Å². The van der Waals surface area contributed by atoms with E-state index < -0.39 is 5.97 Å². The van der Waals surface area contributed by atoms with Crippen LogP contribution in [0.15, 0.2) is 18.3 Å². The van der Waals surface area contributed by atoms with Crippen LogP contribution in [0.4, 0.5) is 5.82 Å². The van der Waals surface area contributed by atoms with Gasteiger partial charge in [0.1, 0.15) is 17.2 Å². The highest BCUT2D eigenvalue weighted by atomic mass is 16.5. The molecule has 0 fully saturated rings. The second kappa shape index (κ2) is 3.16. The fourth-order valence-electron chi connectivity index (χ4n) is 1.32. The number of methoxy groups -OCH3 is 1. The Morgan fingerprint density at radius 3 is 2.93 bits per heavy atom. The van der Waals surface area contributed by atoms with Gasteiger partial charge in [-0.2, -0.15) is 0 Å². The molecule has 2 aromatic rings. The van der Waals surface area contributed by atoms with Crippen molar-refractivity contribution in [1.29, 1.82) is 0 Å². The van der Waals surface area contributed by atoms with Crippen molar-refractivity contribution in [1.82, 2.24) is 9.38 Å². The molecule has 0 aliphatic carbocycles. The first-order valence-electron chi connectivity index (χ1n) is 4.18. The first-order chi connectivity index (χ1) is 7.13. The van der Waals surface area contributed by atoms with E-state index in [9.17, 15) is 4.79 Å². The second-order valence-electron chi connectivity index (χ2n) is 2.95. The van der Waals surface area contributed by atoms with Gasteiger partial charge >= 0.3 is 5.97 Å². The third kappa shape index (κ3) is 1.35. The number of aromatic carboxylic acids is 1. The summed E-state index contributed by atoms with van der Waals surface area (Å²) in [6.45, 7) is 0. The van der Waals surface area contributed by atoms with Gasteiger partial charge in [-0.05, 0) is 12.1 Å². The Bertz CT molecular complexity index is 533. The molecule has 78 valence electrons. The molecule has 2 rings (SSSR count). The molecule has 0 aliphatic rings. The van der Waals surface area contributed by atoms with Crippen LogP contribution in [0.2, 0.25) is 0 Å². The molecule has 0 saturated heterocycles. The maximum atomic E-state index is 10.8. The molecule has 0 bridgehead atoms. The predicted octanol–water partition coefficient (Wildman–Crippen LogP) is 0.623. The van der Waals surface area contributed by atoms with Crippen LogP contribution in [0.5, 0.6) is 5.75 Å². The summed E-state index contributed by atoms with van der Waals surface area (Å²) in [5.41, 5.74) is 5.96. The molecule has 3 N–H and O–H groups in total. The summed E-state index contributed by atoms with van der Waals surface area (Å²) in [5, 5.41) is 8.81. The lowest BCUT2D eigenvalue weighted by molar-refractivity contribution is 0.0692. The summed E-state index contributed by atoms with van der Waals surface area (Å²) in [6, 6.07) is 3.33. The summed E-state index contributed by atoms with van der Waals surface area (Å²) in [6.07, 6.45) is 1.59. The number of carbonyl (C=O) groups is 1. The number of nitrogens with zero attached hydrogens (tertiary/aromatic N) is 2. The maximum absolute atomic E-state index is 10.8. The SMILES string of the molecule is COc1ccc2nc(C(=O)O)c(N)n2c1. The van der Waals surface area contributed by atoms with Crippen LogP contribution in [0.3, 0.4) is 0 Å². The van der Waals surface area contributed by atoms with Crippen molar-refractivity contribution in [3.05, 3.63) is 24.0 Å². The van der Waals surface area contributed by atoms with Crippen molar-refractivity contribution in [3.8, 4) is 5.75 Å². The number of rotatable bonds is 2. The Morgan fingerprint density at radius 2 is 2.33 bits per heavy atom. The van der Waals surface area contributed by atoms with E-state index in [4.69, 9.17) is 15.6 Å². The largest absolute Gasteiger partial charge is 0.495 e. The van der Waals surface area contributed by atoms with Gasteiger partial charge in [0.05, 0.1) is 13.3 Å².